The number of furan rings is 1. The number of hydrogen-bond donors (Lipinski definition) is 1. The average Bonchev–Trinajstić information content (AvgIpc) is 3.32. The van der Waals surface area contributed by atoms with Gasteiger partial charge in [0.25, 0.3) is 0 Å². The molecule has 0 atom stereocenters. The van der Waals surface area contributed by atoms with Gasteiger partial charge in [-0.05, 0) is 12.1 Å². The van der Waals surface area contributed by atoms with Crippen LogP contribution in [0.15, 0.2) is 31.9 Å². The Hall–Kier alpha value is -3.18. The van der Waals surface area contributed by atoms with Gasteiger partial charge < -0.3 is 18.8 Å². The van der Waals surface area contributed by atoms with Crippen LogP contribution in [0.1, 0.15) is 24.0 Å². The van der Waals surface area contributed by atoms with Crippen molar-refractivity contribution in [2.24, 2.45) is 0 Å². The molecule has 0 aliphatic rings. The summed E-state index contributed by atoms with van der Waals surface area (Å²) in [5.74, 6) is -0.896. The number of carbonyl (C=O) groups excluding carboxylic acids is 1. The van der Waals surface area contributed by atoms with Gasteiger partial charge in [-0.25, -0.2) is 0 Å². The van der Waals surface area contributed by atoms with Crippen LogP contribution < -0.4 is 5.32 Å². The van der Waals surface area contributed by atoms with E-state index in [4.69, 9.17) is 8.94 Å². The summed E-state index contributed by atoms with van der Waals surface area (Å²) in [6, 6.07) is 3.35. The summed E-state index contributed by atoms with van der Waals surface area (Å²) in [5, 5.41) is 9.46. The number of nitrogens with zero attached hydrogens (tertiary/aromatic N) is 4. The predicted octanol–water partition coefficient (Wildman–Crippen LogP) is 2.02. The smallest absolute Gasteiger partial charge is 0.461 e. The van der Waals surface area contributed by atoms with Crippen LogP contribution in [0.2, 0.25) is 0 Å². The van der Waals surface area contributed by atoms with Gasteiger partial charge in [0.15, 0.2) is 11.6 Å². The van der Waals surface area contributed by atoms with E-state index in [0.717, 1.165) is 0 Å². The predicted molar refractivity (Wildman–Crippen MR) is 76.3 cm³/mol. The maximum Gasteiger partial charge on any atom is 0.471 e. The third kappa shape index (κ3) is 4.46. The fourth-order valence-electron chi connectivity index (χ4n) is 1.96. The lowest BCUT2D eigenvalue weighted by Crippen LogP contribution is -2.26. The first kappa shape index (κ1) is 17.6. The average molecular weight is 371 g/mol. The van der Waals surface area contributed by atoms with Crippen molar-refractivity contribution in [2.75, 3.05) is 6.54 Å². The van der Waals surface area contributed by atoms with E-state index in [1.165, 1.54) is 6.26 Å². The molecule has 26 heavy (non-hydrogen) atoms. The quantitative estimate of drug-likeness (QED) is 0.670. The molecular weight excluding hydrogens is 359 g/mol. The van der Waals surface area contributed by atoms with Crippen LogP contribution in [0, 0.1) is 0 Å². The van der Waals surface area contributed by atoms with Crippen LogP contribution >= 0.6 is 0 Å². The molecule has 138 valence electrons. The van der Waals surface area contributed by atoms with Gasteiger partial charge in [-0.3, -0.25) is 4.79 Å². The Kier molecular flexibility index (Phi) is 5.00. The zero-order valence-electron chi connectivity index (χ0n) is 13.1. The van der Waals surface area contributed by atoms with Gasteiger partial charge in [0.05, 0.1) is 6.26 Å². The number of aromatic nitrogens is 4. The van der Waals surface area contributed by atoms with Gasteiger partial charge in [-0.15, -0.1) is 0 Å². The summed E-state index contributed by atoms with van der Waals surface area (Å²) in [5.41, 5.74) is 0. The van der Waals surface area contributed by atoms with Crippen LogP contribution in [0.3, 0.4) is 0 Å². The summed E-state index contributed by atoms with van der Waals surface area (Å²) >= 11 is 0. The first-order valence-corrected chi connectivity index (χ1v) is 7.45. The lowest BCUT2D eigenvalue weighted by Gasteiger charge is -2.01. The Morgan fingerprint density at radius 3 is 2.69 bits per heavy atom. The standard InChI is InChI=1S/C14H12F3N5O4/c15-14(16,17)13-19-9(21-26-13)5-6-18-10(23)3-4-11-20-12(22-25-11)8-2-1-7-24-8/h1-2,7H,3-6H2,(H,18,23). The van der Waals surface area contributed by atoms with Crippen molar-refractivity contribution in [2.45, 2.75) is 25.4 Å². The molecule has 0 bridgehead atoms. The molecule has 0 aromatic carbocycles. The van der Waals surface area contributed by atoms with E-state index in [9.17, 15) is 18.0 Å². The second-order valence-electron chi connectivity index (χ2n) is 5.10. The maximum absolute atomic E-state index is 12.3. The molecule has 0 saturated heterocycles. The fourth-order valence-corrected chi connectivity index (χ4v) is 1.96. The first-order valence-electron chi connectivity index (χ1n) is 7.45. The zero-order chi connectivity index (χ0) is 18.6. The molecule has 0 saturated carbocycles. The fraction of sp³-hybridized carbons (Fsp3) is 0.357. The Bertz CT molecular complexity index is 856. The zero-order valence-corrected chi connectivity index (χ0v) is 13.1. The molecule has 0 aliphatic carbocycles. The van der Waals surface area contributed by atoms with Crippen LogP contribution in [0.25, 0.3) is 11.6 Å². The Morgan fingerprint density at radius 2 is 2.00 bits per heavy atom. The lowest BCUT2D eigenvalue weighted by molar-refractivity contribution is -0.159. The Morgan fingerprint density at radius 1 is 1.15 bits per heavy atom. The monoisotopic (exact) mass is 371 g/mol. The third-order valence-corrected chi connectivity index (χ3v) is 3.16. The molecule has 0 unspecified atom stereocenters. The van der Waals surface area contributed by atoms with Gasteiger partial charge in [0.2, 0.25) is 17.6 Å². The Labute approximate surface area is 143 Å². The molecule has 3 heterocycles. The van der Waals surface area contributed by atoms with Gasteiger partial charge in [-0.2, -0.15) is 23.1 Å². The number of halogens is 3. The molecule has 0 aliphatic heterocycles. The molecule has 0 spiro atoms. The molecule has 0 fully saturated rings. The van der Waals surface area contributed by atoms with Crippen molar-refractivity contribution in [3.8, 4) is 11.6 Å². The van der Waals surface area contributed by atoms with Crippen LogP contribution in [-0.4, -0.2) is 32.7 Å². The highest BCUT2D eigenvalue weighted by atomic mass is 19.4. The molecule has 1 amide bonds. The first-order chi connectivity index (χ1) is 12.4. The van der Waals surface area contributed by atoms with Crippen LogP contribution in [0.5, 0.6) is 0 Å². The van der Waals surface area contributed by atoms with Crippen molar-refractivity contribution in [1.82, 2.24) is 25.6 Å². The number of amides is 1. The number of alkyl halides is 3. The van der Waals surface area contributed by atoms with E-state index in [-0.39, 0.29) is 49.3 Å². The van der Waals surface area contributed by atoms with E-state index in [1.54, 1.807) is 12.1 Å². The van der Waals surface area contributed by atoms with Crippen molar-refractivity contribution in [3.63, 3.8) is 0 Å². The SMILES string of the molecule is O=C(CCc1nc(-c2ccco2)no1)NCCc1noc(C(F)(F)F)n1. The van der Waals surface area contributed by atoms with Crippen LogP contribution in [-0.2, 0) is 23.8 Å². The maximum atomic E-state index is 12.3. The molecular formula is C14H12F3N5O4. The highest BCUT2D eigenvalue weighted by Crippen LogP contribution is 2.27. The summed E-state index contributed by atoms with van der Waals surface area (Å²) < 4.78 is 51.2. The normalized spacial score (nSPS) is 11.7. The second kappa shape index (κ2) is 7.37. The van der Waals surface area contributed by atoms with E-state index >= 15 is 0 Å². The summed E-state index contributed by atoms with van der Waals surface area (Å²) in [6.07, 6.45) is -2.93. The van der Waals surface area contributed by atoms with Crippen molar-refractivity contribution in [3.05, 3.63) is 36.0 Å². The largest absolute Gasteiger partial charge is 0.471 e. The molecule has 3 rings (SSSR count). The van der Waals surface area contributed by atoms with Crippen molar-refractivity contribution in [1.29, 1.82) is 0 Å². The van der Waals surface area contributed by atoms with Gasteiger partial charge in [-0.1, -0.05) is 10.3 Å². The lowest BCUT2D eigenvalue weighted by atomic mass is 10.3. The summed E-state index contributed by atoms with van der Waals surface area (Å²) in [6.45, 7) is 0.0666. The number of rotatable bonds is 7. The summed E-state index contributed by atoms with van der Waals surface area (Å²) in [4.78, 5) is 19.0. The van der Waals surface area contributed by atoms with E-state index in [0.29, 0.717) is 5.76 Å². The third-order valence-electron chi connectivity index (χ3n) is 3.16. The number of carbonyl (C=O) groups is 1. The molecule has 0 radical (unpaired) electrons. The minimum absolute atomic E-state index is 0.00845. The Balaban J connectivity index is 1.40. The number of aryl methyl sites for hydroxylation is 1. The number of nitrogens with one attached hydrogen (secondary N) is 1. The van der Waals surface area contributed by atoms with Gasteiger partial charge in [0, 0.05) is 25.8 Å². The van der Waals surface area contributed by atoms with Crippen molar-refractivity contribution < 1.29 is 31.4 Å². The minimum Gasteiger partial charge on any atom is -0.461 e. The van der Waals surface area contributed by atoms with Gasteiger partial charge in [0.1, 0.15) is 0 Å². The molecule has 9 nitrogen and oxygen atoms in total. The minimum atomic E-state index is -4.69. The summed E-state index contributed by atoms with van der Waals surface area (Å²) in [7, 11) is 0. The van der Waals surface area contributed by atoms with E-state index in [2.05, 4.69) is 30.1 Å². The molecule has 3 aromatic heterocycles. The van der Waals surface area contributed by atoms with Crippen molar-refractivity contribution >= 4 is 5.91 Å². The molecule has 3 aromatic rings. The van der Waals surface area contributed by atoms with E-state index in [1.807, 2.05) is 0 Å². The molecule has 1 N–H and O–H groups in total. The number of hydrogen-bond acceptors (Lipinski definition) is 8. The van der Waals surface area contributed by atoms with E-state index < -0.39 is 12.1 Å². The molecule has 12 heteroatoms. The van der Waals surface area contributed by atoms with Gasteiger partial charge >= 0.3 is 12.1 Å². The second-order valence-corrected chi connectivity index (χ2v) is 5.10. The highest BCUT2D eigenvalue weighted by Gasteiger charge is 2.38. The highest BCUT2D eigenvalue weighted by molar-refractivity contribution is 5.76. The van der Waals surface area contributed by atoms with Crippen LogP contribution in [0.4, 0.5) is 13.2 Å². The topological polar surface area (TPSA) is 120 Å².